The molecule has 0 saturated carbocycles. The summed E-state index contributed by atoms with van der Waals surface area (Å²) in [6.45, 7) is 0. The molecule has 9 aromatic carbocycles. The van der Waals surface area contributed by atoms with Crippen molar-refractivity contribution in [1.29, 1.82) is 0 Å². The van der Waals surface area contributed by atoms with Crippen LogP contribution in [-0.4, -0.2) is 15.0 Å². The minimum absolute atomic E-state index is 0.510. The standard InChI is InChI=1S/C56H37N3/c1-5-19-39(20-6-1)53-57-54(40-21-7-2-8-22-40)59-55(58-53)44-35-42(34-43(36-44)48-30-17-23-38-18-13-14-28-47(38)48)41-32-33-50-49-29-15-16-31-51(49)56(52(50)37-41,45-24-9-3-10-25-45)46-26-11-4-12-27-46/h1-37H. The van der Waals surface area contributed by atoms with Gasteiger partial charge in [0.15, 0.2) is 17.5 Å². The zero-order chi connectivity index (χ0) is 39.2. The Labute approximate surface area is 344 Å². The lowest BCUT2D eigenvalue weighted by atomic mass is 9.67. The summed E-state index contributed by atoms with van der Waals surface area (Å²) in [6, 6.07) is 80.3. The van der Waals surface area contributed by atoms with Crippen LogP contribution >= 0.6 is 0 Å². The Hall–Kier alpha value is -7.75. The third-order valence-electron chi connectivity index (χ3n) is 11.8. The van der Waals surface area contributed by atoms with Gasteiger partial charge in [-0.1, -0.05) is 200 Å². The molecule has 59 heavy (non-hydrogen) atoms. The maximum absolute atomic E-state index is 5.20. The lowest BCUT2D eigenvalue weighted by Gasteiger charge is -2.34. The summed E-state index contributed by atoms with van der Waals surface area (Å²) in [5, 5.41) is 2.39. The Morgan fingerprint density at radius 1 is 0.271 bits per heavy atom. The van der Waals surface area contributed by atoms with Crippen molar-refractivity contribution in [3.05, 3.63) is 247 Å². The molecule has 10 aromatic rings. The molecule has 11 rings (SSSR count). The smallest absolute Gasteiger partial charge is 0.164 e. The van der Waals surface area contributed by atoms with Crippen molar-refractivity contribution < 1.29 is 0 Å². The van der Waals surface area contributed by atoms with E-state index in [4.69, 9.17) is 15.0 Å². The zero-order valence-electron chi connectivity index (χ0n) is 32.2. The molecule has 3 heteroatoms. The fraction of sp³-hybridized carbons (Fsp3) is 0.0179. The van der Waals surface area contributed by atoms with Gasteiger partial charge in [-0.05, 0) is 90.7 Å². The summed E-state index contributed by atoms with van der Waals surface area (Å²) in [7, 11) is 0. The van der Waals surface area contributed by atoms with Gasteiger partial charge in [-0.2, -0.15) is 0 Å². The molecule has 1 aliphatic rings. The molecule has 0 bridgehead atoms. The first-order valence-electron chi connectivity index (χ1n) is 20.1. The minimum Gasteiger partial charge on any atom is -0.208 e. The van der Waals surface area contributed by atoms with Gasteiger partial charge in [0.05, 0.1) is 5.41 Å². The average molecular weight is 752 g/mol. The third-order valence-corrected chi connectivity index (χ3v) is 11.8. The molecule has 276 valence electrons. The number of fused-ring (bicyclic) bond motifs is 4. The maximum Gasteiger partial charge on any atom is 0.164 e. The molecule has 0 aliphatic heterocycles. The van der Waals surface area contributed by atoms with Gasteiger partial charge in [0.2, 0.25) is 0 Å². The molecule has 0 N–H and O–H groups in total. The molecule has 0 fully saturated rings. The Morgan fingerprint density at radius 2 is 0.746 bits per heavy atom. The topological polar surface area (TPSA) is 38.7 Å². The fourth-order valence-corrected chi connectivity index (χ4v) is 9.12. The molecular weight excluding hydrogens is 715 g/mol. The average Bonchev–Trinajstić information content (AvgIpc) is 3.62. The van der Waals surface area contributed by atoms with Gasteiger partial charge in [-0.25, -0.2) is 15.0 Å². The Balaban J connectivity index is 1.18. The minimum atomic E-state index is -0.510. The second kappa shape index (κ2) is 14.3. The molecule has 1 heterocycles. The molecule has 0 radical (unpaired) electrons. The lowest BCUT2D eigenvalue weighted by molar-refractivity contribution is 0.769. The lowest BCUT2D eigenvalue weighted by Crippen LogP contribution is -2.28. The number of hydrogen-bond donors (Lipinski definition) is 0. The van der Waals surface area contributed by atoms with Crippen molar-refractivity contribution in [2.24, 2.45) is 0 Å². The summed E-state index contributed by atoms with van der Waals surface area (Å²) in [5.41, 5.74) is 14.3. The number of nitrogens with zero attached hydrogens (tertiary/aromatic N) is 3. The number of hydrogen-bond acceptors (Lipinski definition) is 3. The van der Waals surface area contributed by atoms with Crippen LogP contribution in [0.2, 0.25) is 0 Å². The van der Waals surface area contributed by atoms with Gasteiger partial charge in [-0.15, -0.1) is 0 Å². The normalized spacial score (nSPS) is 12.5. The van der Waals surface area contributed by atoms with E-state index < -0.39 is 5.41 Å². The second-order valence-corrected chi connectivity index (χ2v) is 15.2. The summed E-state index contributed by atoms with van der Waals surface area (Å²) < 4.78 is 0. The molecule has 1 aromatic heterocycles. The molecule has 0 unspecified atom stereocenters. The van der Waals surface area contributed by atoms with E-state index in [1.54, 1.807) is 0 Å². The van der Waals surface area contributed by atoms with Crippen LogP contribution in [0.5, 0.6) is 0 Å². The fourth-order valence-electron chi connectivity index (χ4n) is 9.12. The number of benzene rings is 9. The summed E-state index contributed by atoms with van der Waals surface area (Å²) in [4.78, 5) is 15.4. The summed E-state index contributed by atoms with van der Waals surface area (Å²) >= 11 is 0. The zero-order valence-corrected chi connectivity index (χ0v) is 32.2. The highest BCUT2D eigenvalue weighted by Crippen LogP contribution is 2.56. The van der Waals surface area contributed by atoms with Gasteiger partial charge < -0.3 is 0 Å². The molecule has 3 nitrogen and oxygen atoms in total. The highest BCUT2D eigenvalue weighted by molar-refractivity contribution is 5.98. The van der Waals surface area contributed by atoms with E-state index in [1.807, 2.05) is 36.4 Å². The predicted octanol–water partition coefficient (Wildman–Crippen LogP) is 13.7. The van der Waals surface area contributed by atoms with Crippen molar-refractivity contribution in [2.45, 2.75) is 5.41 Å². The monoisotopic (exact) mass is 751 g/mol. The molecule has 0 atom stereocenters. The SMILES string of the molecule is c1ccc(-c2nc(-c3ccccc3)nc(-c3cc(-c4ccc5c(c4)C(c4ccccc4)(c4ccccc4)c4ccccc4-5)cc(-c4cccc5ccccc45)c3)n2)cc1. The Kier molecular flexibility index (Phi) is 8.37. The highest BCUT2D eigenvalue weighted by Gasteiger charge is 2.46. The largest absolute Gasteiger partial charge is 0.208 e. The van der Waals surface area contributed by atoms with E-state index in [0.29, 0.717) is 17.5 Å². The van der Waals surface area contributed by atoms with Crippen molar-refractivity contribution in [1.82, 2.24) is 15.0 Å². The Morgan fingerprint density at radius 3 is 1.41 bits per heavy atom. The predicted molar refractivity (Wildman–Crippen MR) is 242 cm³/mol. The van der Waals surface area contributed by atoms with E-state index in [0.717, 1.165) is 38.9 Å². The molecule has 1 aliphatic carbocycles. The van der Waals surface area contributed by atoms with Crippen LogP contribution in [0.3, 0.4) is 0 Å². The van der Waals surface area contributed by atoms with Crippen LogP contribution in [0.15, 0.2) is 224 Å². The molecule has 0 saturated heterocycles. The van der Waals surface area contributed by atoms with E-state index >= 15 is 0 Å². The van der Waals surface area contributed by atoms with Crippen LogP contribution in [0.1, 0.15) is 22.3 Å². The van der Waals surface area contributed by atoms with E-state index in [1.165, 1.54) is 44.2 Å². The van der Waals surface area contributed by atoms with Gasteiger partial charge in [-0.3, -0.25) is 0 Å². The van der Waals surface area contributed by atoms with Crippen LogP contribution in [0.4, 0.5) is 0 Å². The first kappa shape index (κ1) is 34.5. The highest BCUT2D eigenvalue weighted by atomic mass is 15.0. The first-order chi connectivity index (χ1) is 29.2. The molecule has 0 amide bonds. The van der Waals surface area contributed by atoms with Crippen molar-refractivity contribution in [3.8, 4) is 67.5 Å². The van der Waals surface area contributed by atoms with Crippen molar-refractivity contribution >= 4 is 10.8 Å². The van der Waals surface area contributed by atoms with E-state index in [2.05, 4.69) is 188 Å². The van der Waals surface area contributed by atoms with Crippen molar-refractivity contribution in [2.75, 3.05) is 0 Å². The number of rotatable bonds is 7. The van der Waals surface area contributed by atoms with E-state index in [9.17, 15) is 0 Å². The van der Waals surface area contributed by atoms with Crippen LogP contribution < -0.4 is 0 Å². The van der Waals surface area contributed by atoms with Gasteiger partial charge >= 0.3 is 0 Å². The van der Waals surface area contributed by atoms with Gasteiger partial charge in [0.1, 0.15) is 0 Å². The third kappa shape index (κ3) is 5.86. The van der Waals surface area contributed by atoms with Crippen LogP contribution in [0, 0.1) is 0 Å². The van der Waals surface area contributed by atoms with Gasteiger partial charge in [0.25, 0.3) is 0 Å². The van der Waals surface area contributed by atoms with Crippen LogP contribution in [-0.2, 0) is 5.41 Å². The van der Waals surface area contributed by atoms with Crippen LogP contribution in [0.25, 0.3) is 78.3 Å². The summed E-state index contributed by atoms with van der Waals surface area (Å²) in [5.74, 6) is 1.90. The molecular formula is C56H37N3. The Bertz CT molecular complexity index is 3040. The maximum atomic E-state index is 5.20. The quantitative estimate of drug-likeness (QED) is 0.163. The van der Waals surface area contributed by atoms with Crippen molar-refractivity contribution in [3.63, 3.8) is 0 Å². The summed E-state index contributed by atoms with van der Waals surface area (Å²) in [6.07, 6.45) is 0. The second-order valence-electron chi connectivity index (χ2n) is 15.2. The number of aromatic nitrogens is 3. The molecule has 0 spiro atoms. The van der Waals surface area contributed by atoms with Gasteiger partial charge in [0, 0.05) is 16.7 Å². The van der Waals surface area contributed by atoms with E-state index in [-0.39, 0.29) is 0 Å². The first-order valence-corrected chi connectivity index (χ1v) is 20.1.